The number of esters is 2. The first-order valence-electron chi connectivity index (χ1n) is 5.86. The van der Waals surface area contributed by atoms with Gasteiger partial charge in [0, 0.05) is 0 Å². The fourth-order valence-electron chi connectivity index (χ4n) is 1.30. The average molecular weight is 442 g/mol. The number of hydrogen-bond acceptors (Lipinski definition) is 5. The van der Waals surface area contributed by atoms with Crippen LogP contribution >= 0.6 is 54.2 Å². The van der Waals surface area contributed by atoms with Crippen LogP contribution in [0.5, 0.6) is 0 Å². The van der Waals surface area contributed by atoms with E-state index in [1.165, 1.54) is 0 Å². The molecule has 1 atom stereocenters. The van der Waals surface area contributed by atoms with E-state index in [1.807, 2.05) is 0 Å². The van der Waals surface area contributed by atoms with Crippen LogP contribution in [-0.4, -0.2) is 39.3 Å². The summed E-state index contributed by atoms with van der Waals surface area (Å²) in [6.45, 7) is 3.04. The molecule has 0 radical (unpaired) electrons. The summed E-state index contributed by atoms with van der Waals surface area (Å²) in [5.41, 5.74) is -0.276. The molecule has 0 amide bonds. The smallest absolute Gasteiger partial charge is 0.386 e. The molecule has 0 bridgehead atoms. The minimum absolute atomic E-state index is 0.0752. The van der Waals surface area contributed by atoms with Gasteiger partial charge in [-0.25, -0.2) is 14.2 Å². The molecule has 0 spiro atoms. The van der Waals surface area contributed by atoms with Gasteiger partial charge in [-0.1, -0.05) is 46.4 Å². The second-order valence-corrected chi connectivity index (χ2v) is 6.88. The number of benzene rings is 1. The van der Waals surface area contributed by atoms with Gasteiger partial charge in [-0.3, -0.25) is 0 Å². The van der Waals surface area contributed by atoms with Gasteiger partial charge in [-0.05, 0) is 6.92 Å². The number of halogens is 4. The van der Waals surface area contributed by atoms with Crippen molar-refractivity contribution in [3.63, 3.8) is 0 Å². The van der Waals surface area contributed by atoms with Gasteiger partial charge >= 0.3 is 19.8 Å². The molecule has 1 unspecified atom stereocenters. The Kier molecular flexibility index (Phi) is 7.49. The molecule has 2 heterocycles. The number of carbonyl (C=O) groups excluding carboxylic acids is 2. The predicted octanol–water partition coefficient (Wildman–Crippen LogP) is 3.09. The number of phosphoric acid groups is 1. The summed E-state index contributed by atoms with van der Waals surface area (Å²) in [6.07, 6.45) is 0.583. The highest BCUT2D eigenvalue weighted by molar-refractivity contribution is 7.45. The van der Waals surface area contributed by atoms with Crippen LogP contribution in [0.25, 0.3) is 0 Å². The fraction of sp³-hybridized carbons (Fsp3) is 0.273. The van der Waals surface area contributed by atoms with Crippen LogP contribution in [0.4, 0.5) is 0 Å². The quantitative estimate of drug-likeness (QED) is 0.140. The lowest BCUT2D eigenvalue weighted by atomic mass is 10.1. The maximum Gasteiger partial charge on any atom is 0.466 e. The Bertz CT molecular complexity index is 674. The van der Waals surface area contributed by atoms with Crippen molar-refractivity contribution in [2.45, 2.75) is 13.0 Å². The summed E-state index contributed by atoms with van der Waals surface area (Å²) in [5.74, 6) is -1.75. The highest BCUT2D eigenvalue weighted by Crippen LogP contribution is 2.44. The second-order valence-electron chi connectivity index (χ2n) is 4.34. The van der Waals surface area contributed by atoms with Gasteiger partial charge < -0.3 is 24.2 Å². The first kappa shape index (κ1) is 21.6. The van der Waals surface area contributed by atoms with Gasteiger partial charge in [0.1, 0.15) is 0 Å². The van der Waals surface area contributed by atoms with Crippen LogP contribution < -0.4 is 0 Å². The molecule has 1 aromatic rings. The van der Waals surface area contributed by atoms with Crippen molar-refractivity contribution in [3.8, 4) is 0 Å². The van der Waals surface area contributed by atoms with Crippen LogP contribution in [-0.2, 0) is 14.0 Å². The molecule has 13 heteroatoms. The van der Waals surface area contributed by atoms with E-state index < -0.39 is 19.8 Å². The van der Waals surface area contributed by atoms with Crippen LogP contribution in [0.3, 0.4) is 0 Å². The SMILES string of the molecule is CC1CO1.O=C1OC(=O)c2c(Cl)c(Cl)c(Cl)c(Cl)c21.O=P(O)(O)O. The first-order valence-corrected chi connectivity index (χ1v) is 8.94. The molecule has 134 valence electrons. The van der Waals surface area contributed by atoms with Gasteiger partial charge in [0.2, 0.25) is 0 Å². The zero-order valence-electron chi connectivity index (χ0n) is 11.6. The fourth-order valence-corrected chi connectivity index (χ4v) is 2.30. The number of epoxide rings is 1. The van der Waals surface area contributed by atoms with E-state index in [2.05, 4.69) is 11.7 Å². The third-order valence-corrected chi connectivity index (χ3v) is 4.16. The zero-order valence-corrected chi connectivity index (χ0v) is 15.5. The summed E-state index contributed by atoms with van der Waals surface area (Å²) in [4.78, 5) is 44.0. The molecule has 0 saturated carbocycles. The summed E-state index contributed by atoms with van der Waals surface area (Å²) in [7, 11) is -4.64. The van der Waals surface area contributed by atoms with E-state index >= 15 is 0 Å². The molecular formula is C11H9Cl4O8P. The van der Waals surface area contributed by atoms with E-state index in [0.29, 0.717) is 6.10 Å². The van der Waals surface area contributed by atoms with E-state index in [4.69, 9.17) is 70.4 Å². The maximum absolute atomic E-state index is 11.2. The van der Waals surface area contributed by atoms with Crippen LogP contribution in [0, 0.1) is 0 Å². The van der Waals surface area contributed by atoms with Gasteiger partial charge in [0.05, 0.1) is 43.9 Å². The van der Waals surface area contributed by atoms with E-state index in [9.17, 15) is 9.59 Å². The molecule has 3 N–H and O–H groups in total. The molecule has 1 saturated heterocycles. The van der Waals surface area contributed by atoms with Crippen molar-refractivity contribution < 1.29 is 38.3 Å². The van der Waals surface area contributed by atoms with Gasteiger partial charge in [-0.2, -0.15) is 0 Å². The lowest BCUT2D eigenvalue weighted by Gasteiger charge is -2.04. The van der Waals surface area contributed by atoms with Crippen LogP contribution in [0.2, 0.25) is 20.1 Å². The number of hydrogen-bond donors (Lipinski definition) is 3. The minimum atomic E-state index is -4.64. The zero-order chi connectivity index (χ0) is 18.8. The molecule has 1 fully saturated rings. The number of ether oxygens (including phenoxy) is 2. The van der Waals surface area contributed by atoms with Gasteiger partial charge in [0.15, 0.2) is 0 Å². The van der Waals surface area contributed by atoms with E-state index in [0.717, 1.165) is 6.61 Å². The van der Waals surface area contributed by atoms with Crippen molar-refractivity contribution in [3.05, 3.63) is 31.2 Å². The van der Waals surface area contributed by atoms with Crippen molar-refractivity contribution in [2.24, 2.45) is 0 Å². The Morgan fingerprint density at radius 3 is 1.38 bits per heavy atom. The normalized spacial score (nSPS) is 17.9. The maximum atomic E-state index is 11.2. The molecule has 3 rings (SSSR count). The van der Waals surface area contributed by atoms with Gasteiger partial charge in [-0.15, -0.1) is 0 Å². The van der Waals surface area contributed by atoms with Crippen LogP contribution in [0.15, 0.2) is 0 Å². The Hall–Kier alpha value is -0.410. The monoisotopic (exact) mass is 440 g/mol. The lowest BCUT2D eigenvalue weighted by molar-refractivity contribution is 0.0444. The number of fused-ring (bicyclic) bond motifs is 1. The van der Waals surface area contributed by atoms with Gasteiger partial charge in [0.25, 0.3) is 0 Å². The molecule has 2 aliphatic heterocycles. The molecule has 2 aliphatic rings. The Morgan fingerprint density at radius 2 is 1.17 bits per heavy atom. The standard InChI is InChI=1S/C8Cl4O3.C3H6O.H3O4P/c9-3-1-2(8(14)15-7(1)13)4(10)6(12)5(3)11;1-3-2-4-3;1-5(2,3)4/h;3H,2H2,1H3;(H3,1,2,3,4). The largest absolute Gasteiger partial charge is 0.466 e. The molecule has 0 aliphatic carbocycles. The van der Waals surface area contributed by atoms with E-state index in [-0.39, 0.29) is 31.2 Å². The Morgan fingerprint density at radius 1 is 0.917 bits per heavy atom. The first-order chi connectivity index (χ1) is 10.8. The molecule has 1 aromatic carbocycles. The predicted molar refractivity (Wildman–Crippen MR) is 85.9 cm³/mol. The Labute approximate surface area is 155 Å². The van der Waals surface area contributed by atoms with Crippen LogP contribution in [0.1, 0.15) is 27.6 Å². The minimum Gasteiger partial charge on any atom is -0.386 e. The topological polar surface area (TPSA) is 134 Å². The molecule has 24 heavy (non-hydrogen) atoms. The van der Waals surface area contributed by atoms with E-state index in [1.54, 1.807) is 0 Å². The summed E-state index contributed by atoms with van der Waals surface area (Å²) in [5, 5.41) is -0.406. The lowest BCUT2D eigenvalue weighted by Crippen LogP contribution is -1.97. The number of cyclic esters (lactones) is 2. The number of carbonyl (C=O) groups is 2. The molecule has 0 aromatic heterocycles. The summed E-state index contributed by atoms with van der Waals surface area (Å²) < 4.78 is 17.9. The highest BCUT2D eigenvalue weighted by atomic mass is 35.5. The van der Waals surface area contributed by atoms with Crippen molar-refractivity contribution in [1.82, 2.24) is 0 Å². The summed E-state index contributed by atoms with van der Waals surface area (Å²) >= 11 is 22.9. The van der Waals surface area contributed by atoms with Crippen molar-refractivity contribution in [1.29, 1.82) is 0 Å². The highest BCUT2D eigenvalue weighted by Gasteiger charge is 2.37. The Balaban J connectivity index is 0.000000263. The molecular weight excluding hydrogens is 433 g/mol. The van der Waals surface area contributed by atoms with Crippen molar-refractivity contribution >= 4 is 66.2 Å². The third kappa shape index (κ3) is 6.15. The number of rotatable bonds is 0. The average Bonchev–Trinajstić information content (AvgIpc) is 3.14. The molecule has 8 nitrogen and oxygen atoms in total. The third-order valence-electron chi connectivity index (χ3n) is 2.36. The van der Waals surface area contributed by atoms with Crippen molar-refractivity contribution in [2.75, 3.05) is 6.61 Å². The summed E-state index contributed by atoms with van der Waals surface area (Å²) in [6, 6.07) is 0. The second kappa shape index (κ2) is 8.31.